The number of halogens is 1. The maximum absolute atomic E-state index is 11.8. The van der Waals surface area contributed by atoms with Gasteiger partial charge < -0.3 is 0 Å². The number of hydrogen-bond acceptors (Lipinski definition) is 3. The summed E-state index contributed by atoms with van der Waals surface area (Å²) in [4.78, 5) is 22.8. The number of carbonyl (C=O) groups is 1. The Balaban J connectivity index is 2.06. The summed E-state index contributed by atoms with van der Waals surface area (Å²) in [5.41, 5.74) is 0.751. The van der Waals surface area contributed by atoms with Crippen LogP contribution in [-0.2, 0) is 4.79 Å². The molecule has 2 aliphatic carbocycles. The highest BCUT2D eigenvalue weighted by atomic mass is 35.5. The maximum atomic E-state index is 11.8. The summed E-state index contributed by atoms with van der Waals surface area (Å²) < 4.78 is 0. The van der Waals surface area contributed by atoms with Crippen molar-refractivity contribution in [1.29, 1.82) is 0 Å². The number of carbonyl (C=O) groups excluding carboxylic acids is 1. The quantitative estimate of drug-likeness (QED) is 0.610. The number of fused-ring (bicyclic) bond motifs is 2. The lowest BCUT2D eigenvalue weighted by atomic mass is 9.79. The number of nitro groups is 1. The van der Waals surface area contributed by atoms with E-state index in [9.17, 15) is 14.9 Å². The third-order valence-electron chi connectivity index (χ3n) is 4.23. The Morgan fingerprint density at radius 3 is 2.72 bits per heavy atom. The molecular formula is C13H12ClNO3. The fourth-order valence-electron chi connectivity index (χ4n) is 3.54. The van der Waals surface area contributed by atoms with Gasteiger partial charge in [-0.15, -0.1) is 0 Å². The molecule has 0 heterocycles. The molecule has 1 aromatic rings. The normalized spacial score (nSPS) is 33.9. The van der Waals surface area contributed by atoms with Gasteiger partial charge in [-0.25, -0.2) is 0 Å². The van der Waals surface area contributed by atoms with Crippen LogP contribution in [-0.4, -0.2) is 16.7 Å². The molecule has 0 saturated heterocycles. The van der Waals surface area contributed by atoms with Crippen molar-refractivity contribution in [2.75, 3.05) is 0 Å². The summed E-state index contributed by atoms with van der Waals surface area (Å²) in [6.07, 6.45) is 0.998. The number of hydrogen-bond donors (Lipinski definition) is 0. The van der Waals surface area contributed by atoms with Crippen LogP contribution in [0.25, 0.3) is 0 Å². The van der Waals surface area contributed by atoms with Crippen LogP contribution in [0.2, 0.25) is 5.02 Å². The molecular weight excluding hydrogens is 254 g/mol. The van der Waals surface area contributed by atoms with Gasteiger partial charge in [0.15, 0.2) is 0 Å². The molecule has 0 amide bonds. The van der Waals surface area contributed by atoms with E-state index in [1.54, 1.807) is 18.2 Å². The van der Waals surface area contributed by atoms with E-state index < -0.39 is 6.04 Å². The van der Waals surface area contributed by atoms with E-state index in [2.05, 4.69) is 0 Å². The third kappa shape index (κ3) is 1.56. The van der Waals surface area contributed by atoms with E-state index in [0.29, 0.717) is 17.9 Å². The van der Waals surface area contributed by atoms with Gasteiger partial charge in [0.05, 0.1) is 5.92 Å². The molecule has 3 rings (SSSR count). The first-order valence-electron chi connectivity index (χ1n) is 6.00. The first-order chi connectivity index (χ1) is 8.59. The summed E-state index contributed by atoms with van der Waals surface area (Å²) in [5.74, 6) is -0.521. The highest BCUT2D eigenvalue weighted by Gasteiger charge is 2.59. The van der Waals surface area contributed by atoms with Crippen molar-refractivity contribution in [2.45, 2.75) is 24.8 Å². The molecule has 4 atom stereocenters. The smallest absolute Gasteiger partial charge is 0.223 e. The van der Waals surface area contributed by atoms with Gasteiger partial charge in [-0.3, -0.25) is 14.9 Å². The van der Waals surface area contributed by atoms with Crippen LogP contribution >= 0.6 is 11.6 Å². The zero-order valence-electron chi connectivity index (χ0n) is 9.58. The van der Waals surface area contributed by atoms with Crippen molar-refractivity contribution in [2.24, 2.45) is 11.8 Å². The second-order valence-electron chi connectivity index (χ2n) is 5.10. The Labute approximate surface area is 109 Å². The van der Waals surface area contributed by atoms with Gasteiger partial charge in [-0.05, 0) is 18.1 Å². The fraction of sp³-hybridized carbons (Fsp3) is 0.462. The van der Waals surface area contributed by atoms with Crippen LogP contribution in [0.15, 0.2) is 24.3 Å². The van der Waals surface area contributed by atoms with Crippen LogP contribution in [0.1, 0.15) is 24.3 Å². The van der Waals surface area contributed by atoms with Crippen molar-refractivity contribution in [3.63, 3.8) is 0 Å². The maximum Gasteiger partial charge on any atom is 0.223 e. The minimum atomic E-state index is -0.660. The molecule has 2 bridgehead atoms. The Bertz CT molecular complexity index is 531. The lowest BCUT2D eigenvalue weighted by Gasteiger charge is -2.25. The highest BCUT2D eigenvalue weighted by molar-refractivity contribution is 6.31. The van der Waals surface area contributed by atoms with Gasteiger partial charge in [-0.2, -0.15) is 0 Å². The van der Waals surface area contributed by atoms with Crippen LogP contribution in [0.3, 0.4) is 0 Å². The average molecular weight is 266 g/mol. The number of ketones is 1. The summed E-state index contributed by atoms with van der Waals surface area (Å²) in [6.45, 7) is 0. The number of benzene rings is 1. The standard InChI is InChI=1S/C13H12ClNO3/c14-10-4-2-1-3-8(10)12-9-5-7(6-11(9)16)13(12)15(17)18/h1-4,7,9,12-13H,5-6H2/t7?,9?,12-,13-/m0/s1. The van der Waals surface area contributed by atoms with Crippen LogP contribution in [0, 0.1) is 22.0 Å². The summed E-state index contributed by atoms with van der Waals surface area (Å²) in [7, 11) is 0. The molecule has 0 aliphatic heterocycles. The molecule has 0 aromatic heterocycles. The summed E-state index contributed by atoms with van der Waals surface area (Å²) >= 11 is 6.13. The predicted molar refractivity (Wildman–Crippen MR) is 66.2 cm³/mol. The molecule has 0 N–H and O–H groups in total. The van der Waals surface area contributed by atoms with Crippen molar-refractivity contribution in [1.82, 2.24) is 0 Å². The van der Waals surface area contributed by atoms with E-state index in [4.69, 9.17) is 11.6 Å². The minimum Gasteiger partial charge on any atom is -0.299 e. The van der Waals surface area contributed by atoms with E-state index in [-0.39, 0.29) is 28.5 Å². The highest BCUT2D eigenvalue weighted by Crippen LogP contribution is 2.53. The van der Waals surface area contributed by atoms with Gasteiger partial charge in [0.2, 0.25) is 6.04 Å². The Morgan fingerprint density at radius 2 is 2.06 bits per heavy atom. The van der Waals surface area contributed by atoms with E-state index in [1.807, 2.05) is 6.07 Å². The van der Waals surface area contributed by atoms with Gasteiger partial charge >= 0.3 is 0 Å². The van der Waals surface area contributed by atoms with Crippen molar-refractivity contribution in [3.05, 3.63) is 45.0 Å². The monoisotopic (exact) mass is 265 g/mol. The largest absolute Gasteiger partial charge is 0.299 e. The first-order valence-corrected chi connectivity index (χ1v) is 6.38. The Morgan fingerprint density at radius 1 is 1.33 bits per heavy atom. The van der Waals surface area contributed by atoms with E-state index >= 15 is 0 Å². The average Bonchev–Trinajstić information content (AvgIpc) is 2.85. The molecule has 1 aromatic carbocycles. The number of nitrogens with zero attached hydrogens (tertiary/aromatic N) is 1. The lowest BCUT2D eigenvalue weighted by Crippen LogP contribution is -2.36. The molecule has 4 nitrogen and oxygen atoms in total. The molecule has 2 fully saturated rings. The first kappa shape index (κ1) is 11.7. The molecule has 0 radical (unpaired) electrons. The minimum absolute atomic E-state index is 0.112. The van der Waals surface area contributed by atoms with Crippen molar-refractivity contribution < 1.29 is 9.72 Å². The molecule has 18 heavy (non-hydrogen) atoms. The Kier molecular flexibility index (Phi) is 2.63. The van der Waals surface area contributed by atoms with E-state index in [1.165, 1.54) is 0 Å². The topological polar surface area (TPSA) is 60.2 Å². The van der Waals surface area contributed by atoms with Gasteiger partial charge in [0, 0.05) is 28.2 Å². The number of rotatable bonds is 2. The van der Waals surface area contributed by atoms with Gasteiger partial charge in [0.25, 0.3) is 0 Å². The zero-order chi connectivity index (χ0) is 12.9. The van der Waals surface area contributed by atoms with Gasteiger partial charge in [0.1, 0.15) is 5.78 Å². The summed E-state index contributed by atoms with van der Waals surface area (Å²) in [6, 6.07) is 6.48. The van der Waals surface area contributed by atoms with Crippen LogP contribution in [0.5, 0.6) is 0 Å². The van der Waals surface area contributed by atoms with Crippen LogP contribution in [0.4, 0.5) is 0 Å². The van der Waals surface area contributed by atoms with Crippen LogP contribution < -0.4 is 0 Å². The molecule has 5 heteroatoms. The molecule has 0 spiro atoms. The zero-order valence-corrected chi connectivity index (χ0v) is 10.3. The number of Topliss-reactive ketones (excluding diaryl/α,β-unsaturated/α-hetero) is 1. The van der Waals surface area contributed by atoms with E-state index in [0.717, 1.165) is 5.56 Å². The molecule has 2 unspecified atom stereocenters. The molecule has 2 saturated carbocycles. The second-order valence-corrected chi connectivity index (χ2v) is 5.50. The van der Waals surface area contributed by atoms with Gasteiger partial charge in [-0.1, -0.05) is 29.8 Å². The lowest BCUT2D eigenvalue weighted by molar-refractivity contribution is -0.533. The molecule has 2 aliphatic rings. The van der Waals surface area contributed by atoms with Crippen molar-refractivity contribution in [3.8, 4) is 0 Å². The Hall–Kier alpha value is -1.42. The fourth-order valence-corrected chi connectivity index (χ4v) is 3.80. The predicted octanol–water partition coefficient (Wildman–Crippen LogP) is 2.68. The second kappa shape index (κ2) is 4.05. The SMILES string of the molecule is O=C1CC2CC1[C@H](c1ccccc1Cl)[C@H]2[N+](=O)[O-]. The molecule has 94 valence electrons. The van der Waals surface area contributed by atoms with Crippen molar-refractivity contribution >= 4 is 17.4 Å². The third-order valence-corrected chi connectivity index (χ3v) is 4.57. The summed E-state index contributed by atoms with van der Waals surface area (Å²) in [5, 5.41) is 11.8.